The smallest absolute Gasteiger partial charge is 0.459 e. The van der Waals surface area contributed by atoms with Crippen molar-refractivity contribution < 1.29 is 81.0 Å². The number of carbonyl (C=O) groups is 4. The highest BCUT2D eigenvalue weighted by Crippen LogP contribution is 2.45. The molecule has 2 amide bonds. The molecule has 28 heteroatoms. The van der Waals surface area contributed by atoms with Gasteiger partial charge in [-0.25, -0.2) is 45.2 Å². The lowest BCUT2D eigenvalue weighted by molar-refractivity contribution is -0.291. The predicted molar refractivity (Wildman–Crippen MR) is 246 cm³/mol. The van der Waals surface area contributed by atoms with Crippen molar-refractivity contribution >= 4 is 55.4 Å². The number of ether oxygens (including phenoxy) is 3. The van der Waals surface area contributed by atoms with E-state index < -0.39 is 120 Å². The number of anilines is 2. The van der Waals surface area contributed by atoms with Crippen molar-refractivity contribution in [2.24, 2.45) is 11.8 Å². The molecule has 0 aliphatic carbocycles. The number of hydrogen-bond acceptors (Lipinski definition) is 17. The number of piperidine rings is 1. The fourth-order valence-corrected chi connectivity index (χ4v) is 9.78. The van der Waals surface area contributed by atoms with Crippen LogP contribution in [0, 0.1) is 34.5 Å². The van der Waals surface area contributed by atoms with Gasteiger partial charge in [0.15, 0.2) is 0 Å². The van der Waals surface area contributed by atoms with Gasteiger partial charge in [0.25, 0.3) is 6.43 Å². The summed E-state index contributed by atoms with van der Waals surface area (Å²) < 4.78 is 163. The van der Waals surface area contributed by atoms with Crippen LogP contribution in [0.5, 0.6) is 5.75 Å². The first-order valence-electron chi connectivity index (χ1n) is 22.0. The SMILES string of the molecule is CCOC(=O)c1cc(C#N)c(N2CC(C(=O)NS(=O)(=O)Cc3cccc(OC)c3)C2)nc1C(F)F.CCOC(=O)c1cc(C#N)c(N2CCC(C(=O)NS(=O)(=O)Cc3ccccc3)CC2)nc1C(F)(F)C(F)(F)F. The zero-order valence-electron chi connectivity index (χ0n) is 39.3. The Kier molecular flexibility index (Phi) is 18.6. The summed E-state index contributed by atoms with van der Waals surface area (Å²) in [5.74, 6) is -12.3. The van der Waals surface area contributed by atoms with Gasteiger partial charge in [0, 0.05) is 32.1 Å². The molecule has 0 radical (unpaired) electrons. The fraction of sp³-hybridized carbons (Fsp3) is 0.391. The minimum Gasteiger partial charge on any atom is -0.497 e. The zero-order chi connectivity index (χ0) is 54.8. The van der Waals surface area contributed by atoms with Crippen LogP contribution in [0.2, 0.25) is 0 Å². The van der Waals surface area contributed by atoms with Crippen LogP contribution in [-0.2, 0) is 56.5 Å². The molecule has 0 saturated carbocycles. The third-order valence-corrected chi connectivity index (χ3v) is 13.5. The van der Waals surface area contributed by atoms with Crippen molar-refractivity contribution in [3.63, 3.8) is 0 Å². The van der Waals surface area contributed by atoms with E-state index in [1.54, 1.807) is 60.7 Å². The minimum atomic E-state index is -6.09. The Hall–Kier alpha value is -7.59. The number of methoxy groups -OCH3 is 1. The van der Waals surface area contributed by atoms with Crippen LogP contribution in [0.15, 0.2) is 66.7 Å². The summed E-state index contributed by atoms with van der Waals surface area (Å²) >= 11 is 0. The maximum Gasteiger partial charge on any atom is 0.459 e. The van der Waals surface area contributed by atoms with Crippen LogP contribution in [-0.4, -0.2) is 103 Å². The second-order valence-electron chi connectivity index (χ2n) is 16.2. The molecule has 2 aromatic carbocycles. The Balaban J connectivity index is 0.000000276. The van der Waals surface area contributed by atoms with Crippen LogP contribution in [0.25, 0.3) is 0 Å². The van der Waals surface area contributed by atoms with Gasteiger partial charge in [0.05, 0.1) is 60.0 Å². The first-order valence-corrected chi connectivity index (χ1v) is 25.3. The van der Waals surface area contributed by atoms with Crippen LogP contribution < -0.4 is 24.0 Å². The highest BCUT2D eigenvalue weighted by Gasteiger charge is 2.61. The molecule has 74 heavy (non-hydrogen) atoms. The fourth-order valence-electron chi connectivity index (χ4n) is 7.44. The van der Waals surface area contributed by atoms with E-state index in [4.69, 9.17) is 9.47 Å². The van der Waals surface area contributed by atoms with E-state index in [0.717, 1.165) is 6.07 Å². The van der Waals surface area contributed by atoms with Crippen molar-refractivity contribution in [1.29, 1.82) is 10.5 Å². The molecule has 4 aromatic rings. The summed E-state index contributed by atoms with van der Waals surface area (Å²) in [6.45, 7) is 2.12. The molecule has 19 nitrogen and oxygen atoms in total. The molecule has 2 saturated heterocycles. The summed E-state index contributed by atoms with van der Waals surface area (Å²) in [7, 11) is -6.58. The Bertz CT molecular complexity index is 3050. The number of amides is 2. The Labute approximate surface area is 419 Å². The van der Waals surface area contributed by atoms with Gasteiger partial charge in [0.2, 0.25) is 31.9 Å². The molecule has 2 aromatic heterocycles. The van der Waals surface area contributed by atoms with Crippen LogP contribution >= 0.6 is 0 Å². The van der Waals surface area contributed by atoms with Crippen molar-refractivity contribution in [3.8, 4) is 17.9 Å². The number of nitriles is 2. The molecule has 0 unspecified atom stereocenters. The molecule has 0 bridgehead atoms. The average molecular weight is 1080 g/mol. The lowest BCUT2D eigenvalue weighted by Gasteiger charge is -2.39. The number of benzene rings is 2. The topological polar surface area (TPSA) is 268 Å². The zero-order valence-corrected chi connectivity index (χ0v) is 40.9. The largest absolute Gasteiger partial charge is 0.497 e. The third kappa shape index (κ3) is 14.1. The van der Waals surface area contributed by atoms with Crippen LogP contribution in [0.3, 0.4) is 0 Å². The number of nitrogens with zero attached hydrogens (tertiary/aromatic N) is 6. The summed E-state index contributed by atoms with van der Waals surface area (Å²) in [6.07, 6.45) is -9.22. The van der Waals surface area contributed by atoms with Gasteiger partial charge in [-0.3, -0.25) is 19.0 Å². The standard InChI is InChI=1S/C24H23F5N4O5S.C22H22F2N4O6S/c1-2-38-22(35)18-12-17(13-30)20(31-19(18)23(25,26)24(27,28)29)33-10-8-16(9-11-33)21(34)32-39(36,37)14-15-6-4-3-5-7-15;1-3-34-22(30)17-8-14(9-25)20(26-18(17)19(23)24)28-10-15(11-28)21(29)27-35(31,32)12-13-5-4-6-16(7-13)33-2/h3-7,12,16H,2,8-11,14H2,1H3,(H,32,34);4-8,15,19H,3,10-12H2,1-2H3,(H,27,29). The normalized spacial score (nSPS) is 14.3. The Morgan fingerprint density at radius 2 is 1.22 bits per heavy atom. The van der Waals surface area contributed by atoms with Gasteiger partial charge in [-0.05, 0) is 62.1 Å². The number of esters is 2. The van der Waals surface area contributed by atoms with Crippen molar-refractivity contribution in [2.45, 2.75) is 56.7 Å². The lowest BCUT2D eigenvalue weighted by atomic mass is 9.95. The highest BCUT2D eigenvalue weighted by molar-refractivity contribution is 7.89. The molecule has 4 heterocycles. The number of aromatic nitrogens is 2. The highest BCUT2D eigenvalue weighted by atomic mass is 32.2. The number of sulfonamides is 2. The van der Waals surface area contributed by atoms with Crippen LogP contribution in [0.1, 0.15) is 87.5 Å². The van der Waals surface area contributed by atoms with E-state index in [9.17, 15) is 77.3 Å². The molecular formula is C46H45F7N8O11S2. The maximum absolute atomic E-state index is 14.4. The van der Waals surface area contributed by atoms with E-state index in [-0.39, 0.29) is 63.6 Å². The monoisotopic (exact) mass is 1080 g/mol. The molecule has 0 atom stereocenters. The van der Waals surface area contributed by atoms with Gasteiger partial charge in [-0.2, -0.15) is 32.5 Å². The number of rotatable bonds is 17. The first kappa shape index (κ1) is 57.3. The van der Waals surface area contributed by atoms with Crippen molar-refractivity contribution in [1.82, 2.24) is 19.4 Å². The van der Waals surface area contributed by atoms with E-state index in [1.807, 2.05) is 9.44 Å². The van der Waals surface area contributed by atoms with Gasteiger partial charge >= 0.3 is 24.0 Å². The number of hydrogen-bond donors (Lipinski definition) is 2. The van der Waals surface area contributed by atoms with Gasteiger partial charge in [-0.1, -0.05) is 42.5 Å². The van der Waals surface area contributed by atoms with Crippen molar-refractivity contribution in [2.75, 3.05) is 56.3 Å². The third-order valence-electron chi connectivity index (χ3n) is 11.0. The summed E-state index contributed by atoms with van der Waals surface area (Å²) in [5, 5.41) is 19.0. The number of carbonyl (C=O) groups excluding carboxylic acids is 4. The molecule has 6 rings (SSSR count). The van der Waals surface area contributed by atoms with Gasteiger partial charge in [0.1, 0.15) is 40.9 Å². The molecule has 2 fully saturated rings. The van der Waals surface area contributed by atoms with E-state index in [1.165, 1.54) is 36.8 Å². The van der Waals surface area contributed by atoms with E-state index in [2.05, 4.69) is 14.7 Å². The number of halogens is 7. The quantitative estimate of drug-likeness (QED) is 0.0933. The Morgan fingerprint density at radius 3 is 1.73 bits per heavy atom. The minimum absolute atomic E-state index is 0.0101. The predicted octanol–water partition coefficient (Wildman–Crippen LogP) is 5.81. The molecule has 2 aliphatic heterocycles. The molecule has 2 aliphatic rings. The maximum atomic E-state index is 14.4. The average Bonchev–Trinajstić information content (AvgIpc) is 3.32. The molecular weight excluding hydrogens is 1040 g/mol. The van der Waals surface area contributed by atoms with E-state index in [0.29, 0.717) is 22.9 Å². The molecule has 2 N–H and O–H groups in total. The second kappa shape index (κ2) is 24.0. The molecule has 396 valence electrons. The summed E-state index contributed by atoms with van der Waals surface area (Å²) in [5.41, 5.74) is -4.18. The number of pyridine rings is 2. The lowest BCUT2D eigenvalue weighted by Crippen LogP contribution is -2.55. The Morgan fingerprint density at radius 1 is 0.716 bits per heavy atom. The molecule has 0 spiro atoms. The van der Waals surface area contributed by atoms with Crippen LogP contribution in [0.4, 0.5) is 42.4 Å². The number of nitrogens with one attached hydrogen (secondary N) is 2. The van der Waals surface area contributed by atoms with Gasteiger partial charge < -0.3 is 24.0 Å². The second-order valence-corrected chi connectivity index (χ2v) is 19.7. The van der Waals surface area contributed by atoms with Gasteiger partial charge in [-0.15, -0.1) is 0 Å². The first-order chi connectivity index (χ1) is 34.8. The van der Waals surface area contributed by atoms with Crippen molar-refractivity contribution in [3.05, 3.63) is 111 Å². The van der Waals surface area contributed by atoms with E-state index >= 15 is 0 Å². The number of alkyl halides is 7. The summed E-state index contributed by atoms with van der Waals surface area (Å²) in [6, 6.07) is 19.5. The summed E-state index contributed by atoms with van der Waals surface area (Å²) in [4.78, 5) is 59.1.